The molecule has 2 aliphatic heterocycles. The molecule has 470 valence electrons. The van der Waals surface area contributed by atoms with E-state index in [-0.39, 0.29) is 54.2 Å². The van der Waals surface area contributed by atoms with E-state index in [0.29, 0.717) is 72.8 Å². The first kappa shape index (κ1) is 65.1. The standard InChI is InChI=1S/C63H71N9O14S3/c1-39-13-25-51-48(33-39)62(2,3)53(71(51)29-6-8-31-87(77,78)79)27-19-42-11-10-12-43(20-28-54-63(4,5)49-34-41(38-89(83,84)85)16-26-52(49)72(54)30-7-9-32-88(80,81)82)56(42)86-47-23-14-40(15-24-47)35-50(60(75)76)68-58(73)44-17-21-45(22-18-44)65-36-46-37-66-57-55(67-46)59(74)70-61(64)69-57/h13-28,33-34,37,50H,6-12,29-32,35-36,38H2,1-5H3,(H8-,64,65,66,68,69,70,73,74,75,76,77,78,79,80,81,82,83,84,85)/p+1/t50-/m0/s1/i14+1,15+1,23+1,24+1,40+1,47+1,50+1,60+1. The molecular formula is C63H72N9O14S3+. The van der Waals surface area contributed by atoms with Crippen molar-refractivity contribution in [3.8, 4) is 5.75 Å². The van der Waals surface area contributed by atoms with Crippen molar-refractivity contribution < 1.29 is 62.9 Å². The molecule has 6 aromatic rings. The molecule has 23 nitrogen and oxygen atoms in total. The van der Waals surface area contributed by atoms with Gasteiger partial charge in [-0.05, 0) is 148 Å². The Bertz CT molecular complexity index is 4330. The number of H-pyrrole nitrogens is 1. The predicted octanol–water partition coefficient (Wildman–Crippen LogP) is 8.42. The number of ether oxygens (including phenoxy) is 1. The first-order chi connectivity index (χ1) is 41.9. The number of allylic oxidation sites excluding steroid dienone is 7. The number of unbranched alkanes of at least 4 members (excludes halogenated alkanes) is 2. The number of rotatable bonds is 25. The van der Waals surface area contributed by atoms with Crippen LogP contribution in [0, 0.1) is 6.92 Å². The normalized spacial score (nSPS) is 17.0. The van der Waals surface area contributed by atoms with Crippen LogP contribution >= 0.6 is 0 Å². The zero-order valence-corrected chi connectivity index (χ0v) is 52.3. The van der Waals surface area contributed by atoms with Gasteiger partial charge in [-0.2, -0.15) is 34.8 Å². The van der Waals surface area contributed by atoms with Crippen LogP contribution in [0.25, 0.3) is 11.2 Å². The number of aromatic nitrogens is 4. The number of carbonyl (C=O) groups excluding carboxylic acids is 1. The lowest BCUT2D eigenvalue weighted by molar-refractivity contribution is -0.438. The van der Waals surface area contributed by atoms with Crippen molar-refractivity contribution in [3.05, 3.63) is 187 Å². The van der Waals surface area contributed by atoms with Gasteiger partial charge in [-0.1, -0.05) is 55.8 Å². The molecule has 0 unspecified atom stereocenters. The van der Waals surface area contributed by atoms with E-state index in [0.717, 1.165) is 57.0 Å². The summed E-state index contributed by atoms with van der Waals surface area (Å²) in [5, 5.41) is 16.1. The summed E-state index contributed by atoms with van der Waals surface area (Å²) in [6, 6.07) is 23.4. The number of nitrogens with two attached hydrogens (primary N) is 1. The number of hydrogen-bond donors (Lipinski definition) is 8. The number of aliphatic carboxylic acids is 1. The molecule has 0 radical (unpaired) electrons. The van der Waals surface area contributed by atoms with Crippen molar-refractivity contribution in [1.29, 1.82) is 0 Å². The van der Waals surface area contributed by atoms with E-state index in [9.17, 15) is 58.4 Å². The second-order valence-electron chi connectivity index (χ2n) is 23.5. The number of nitrogens with one attached hydrogen (secondary N) is 3. The second-order valence-corrected chi connectivity index (χ2v) is 28.1. The molecule has 0 fully saturated rings. The molecule has 0 saturated carbocycles. The zero-order valence-electron chi connectivity index (χ0n) is 49.9. The van der Waals surface area contributed by atoms with Gasteiger partial charge < -0.3 is 31.1 Å². The maximum atomic E-state index is 13.5. The molecule has 89 heavy (non-hydrogen) atoms. The monoisotopic (exact) mass is 1280 g/mol. The van der Waals surface area contributed by atoms with Crippen molar-refractivity contribution in [2.75, 3.05) is 40.5 Å². The molecule has 0 saturated heterocycles. The summed E-state index contributed by atoms with van der Waals surface area (Å²) in [5.74, 6) is -2.33. The van der Waals surface area contributed by atoms with Crippen LogP contribution < -0.4 is 31.6 Å². The Morgan fingerprint density at radius 1 is 0.809 bits per heavy atom. The van der Waals surface area contributed by atoms with Crippen LogP contribution in [-0.4, -0.2) is 117 Å². The van der Waals surface area contributed by atoms with Crippen molar-refractivity contribution in [2.24, 2.45) is 0 Å². The molecule has 9 rings (SSSR count). The van der Waals surface area contributed by atoms with Gasteiger partial charge in [0, 0.05) is 65.1 Å². The summed E-state index contributed by atoms with van der Waals surface area (Å²) in [4.78, 5) is 55.6. The number of nitrogens with zero attached hydrogens (tertiary/aromatic N) is 5. The molecular weight excluding hydrogens is 1210 g/mol. The van der Waals surface area contributed by atoms with Gasteiger partial charge in [-0.15, -0.1) is 0 Å². The lowest BCUT2D eigenvalue weighted by Crippen LogP contribution is -2.42. The Kier molecular flexibility index (Phi) is 19.3. The number of nitrogen functional groups attached to an aromatic ring is 1. The minimum absolute atomic E-state index is 0.0304. The first-order valence-electron chi connectivity index (χ1n) is 28.9. The third-order valence-corrected chi connectivity index (χ3v) is 18.4. The summed E-state index contributed by atoms with van der Waals surface area (Å²) in [5.41, 5.74) is 14.4. The van der Waals surface area contributed by atoms with E-state index in [2.05, 4.69) is 72.1 Å². The maximum absolute atomic E-state index is 13.5. The van der Waals surface area contributed by atoms with Crippen molar-refractivity contribution in [3.63, 3.8) is 0 Å². The van der Waals surface area contributed by atoms with Crippen LogP contribution in [0.3, 0.4) is 0 Å². The van der Waals surface area contributed by atoms with Crippen LogP contribution in [0.15, 0.2) is 143 Å². The van der Waals surface area contributed by atoms with Crippen LogP contribution in [0.5, 0.6) is 5.75 Å². The number of anilines is 3. The third kappa shape index (κ3) is 16.1. The third-order valence-electron chi connectivity index (χ3n) is 16.1. The largest absolute Gasteiger partial charge is 0.480 e. The highest BCUT2D eigenvalue weighted by Gasteiger charge is 2.45. The number of hydrogen-bond acceptors (Lipinski definition) is 16. The van der Waals surface area contributed by atoms with Gasteiger partial charge in [0.25, 0.3) is 41.8 Å². The van der Waals surface area contributed by atoms with Gasteiger partial charge in [0.05, 0.1) is 35.4 Å². The highest BCUT2D eigenvalue weighted by atomic mass is 32.2. The fourth-order valence-corrected chi connectivity index (χ4v) is 13.3. The van der Waals surface area contributed by atoms with Crippen molar-refractivity contribution in [1.82, 2.24) is 25.3 Å². The summed E-state index contributed by atoms with van der Waals surface area (Å²) in [6.45, 7) is 11.3. The molecule has 4 heterocycles. The first-order valence-corrected chi connectivity index (χ1v) is 33.8. The average Bonchev–Trinajstić information content (AvgIpc) is 1.61. The number of amides is 1. The molecule has 4 aromatic carbocycles. The summed E-state index contributed by atoms with van der Waals surface area (Å²) >= 11 is 0. The summed E-state index contributed by atoms with van der Waals surface area (Å²) < 4.78 is 109. The highest BCUT2D eigenvalue weighted by Crippen LogP contribution is 2.49. The van der Waals surface area contributed by atoms with E-state index < -0.39 is 76.2 Å². The predicted molar refractivity (Wildman–Crippen MR) is 339 cm³/mol. The molecule has 1 aliphatic carbocycles. The Balaban J connectivity index is 1.01. The molecule has 0 bridgehead atoms. The van der Waals surface area contributed by atoms with E-state index in [1.807, 2.05) is 45.1 Å². The fraction of sp³-hybridized carbons (Fsp3) is 0.349. The lowest BCUT2D eigenvalue weighted by Gasteiger charge is -2.27. The lowest BCUT2D eigenvalue weighted by atomic mass is 9.80. The number of aromatic amines is 1. The minimum atomic E-state index is -4.36. The number of fused-ring (bicyclic) bond motifs is 3. The molecule has 26 heteroatoms. The zero-order chi connectivity index (χ0) is 64.2. The van der Waals surface area contributed by atoms with Gasteiger partial charge >= 0.3 is 5.97 Å². The Morgan fingerprint density at radius 2 is 1.51 bits per heavy atom. The van der Waals surface area contributed by atoms with Crippen LogP contribution in [0.4, 0.5) is 23.0 Å². The number of carbonyl (C=O) groups is 2. The summed E-state index contributed by atoms with van der Waals surface area (Å²) in [6.07, 6.45) is 12.7. The second kappa shape index (κ2) is 26.4. The fourth-order valence-electron chi connectivity index (χ4n) is 11.6. The van der Waals surface area contributed by atoms with E-state index in [1.165, 1.54) is 6.20 Å². The molecule has 1 atom stereocenters. The van der Waals surface area contributed by atoms with Crippen LogP contribution in [0.2, 0.25) is 0 Å². The van der Waals surface area contributed by atoms with Gasteiger partial charge in [0.2, 0.25) is 11.6 Å². The highest BCUT2D eigenvalue weighted by molar-refractivity contribution is 7.86. The molecule has 3 aliphatic rings. The number of carboxylic acids is 1. The smallest absolute Gasteiger partial charge is 0.326 e. The van der Waals surface area contributed by atoms with Crippen molar-refractivity contribution in [2.45, 2.75) is 115 Å². The number of carboxylic acid groups (broad SMARTS) is 1. The Morgan fingerprint density at radius 3 is 2.19 bits per heavy atom. The quantitative estimate of drug-likeness (QED) is 0.0115. The molecule has 0 spiro atoms. The minimum Gasteiger partial charge on any atom is -0.480 e. The average molecular weight is 1280 g/mol. The summed E-state index contributed by atoms with van der Waals surface area (Å²) in [7, 11) is -12.7. The number of benzene rings is 4. The van der Waals surface area contributed by atoms with Gasteiger partial charge in [-0.25, -0.2) is 14.8 Å². The van der Waals surface area contributed by atoms with Gasteiger partial charge in [0.15, 0.2) is 16.9 Å². The maximum Gasteiger partial charge on any atom is 0.326 e. The van der Waals surface area contributed by atoms with Crippen molar-refractivity contribution >= 4 is 82.1 Å². The van der Waals surface area contributed by atoms with E-state index >= 15 is 0 Å². The van der Waals surface area contributed by atoms with E-state index in [4.69, 9.17) is 10.5 Å². The Labute approximate surface area is 516 Å². The van der Waals surface area contributed by atoms with Crippen LogP contribution in [0.1, 0.15) is 117 Å². The number of aryl methyl sites for hydroxylation is 1. The SMILES string of the molecule is Cc1ccc2c(c1)C(C)(C)/C(=C\C=C1/CCCC(/C=C/C3=[N+](CCCCS(=O)(=O)O)c4ccc(CS(=O)(=O)O)cc4C3(C)C)=C1O[13c]1[13cH][13cH][13c](C[13C@H](NC(=O)c3ccc(NCc4cnc5nc(N)[nH]c(=O)c5n4)cc3)[13C](=O)O)[13cH][13cH]1)N2CCCCS(=O)(=O)O. The molecule has 1 amide bonds. The molecule has 9 N–H and O–H groups in total. The van der Waals surface area contributed by atoms with E-state index in [1.54, 1.807) is 66.7 Å². The van der Waals surface area contributed by atoms with Gasteiger partial charge in [-0.3, -0.25) is 28.2 Å². The van der Waals surface area contributed by atoms with Crippen LogP contribution in [-0.2, 0) is 64.7 Å². The Hall–Kier alpha value is -8.40. The molecule has 2 aromatic heterocycles. The van der Waals surface area contributed by atoms with Gasteiger partial charge in [0.1, 0.15) is 29.8 Å². The topological polar surface area (TPSA) is 355 Å².